The van der Waals surface area contributed by atoms with E-state index in [2.05, 4.69) is 19.2 Å². The first kappa shape index (κ1) is 9.15. The molecule has 0 aliphatic carbocycles. The molecule has 0 aromatic heterocycles. The summed E-state index contributed by atoms with van der Waals surface area (Å²) >= 11 is 0. The van der Waals surface area contributed by atoms with Crippen molar-refractivity contribution in [1.82, 2.24) is 0 Å². The van der Waals surface area contributed by atoms with Gasteiger partial charge in [-0.3, -0.25) is 10.1 Å². The highest BCUT2D eigenvalue weighted by atomic mass is 16.6. The van der Waals surface area contributed by atoms with Crippen molar-refractivity contribution in [1.29, 1.82) is 0 Å². The van der Waals surface area contributed by atoms with E-state index in [-0.39, 0.29) is 16.0 Å². The highest BCUT2D eigenvalue weighted by Crippen LogP contribution is 2.33. The molecule has 2 N–H and O–H groups in total. The molecule has 0 bridgehead atoms. The van der Waals surface area contributed by atoms with Crippen LogP contribution < -0.4 is 5.32 Å². The largest absolute Gasteiger partial charge is 0.313 e. The third kappa shape index (κ3) is 1.28. The maximum atomic E-state index is 10.6. The molecule has 0 spiro atoms. The van der Waals surface area contributed by atoms with Crippen LogP contribution in [0, 0.1) is 10.1 Å². The van der Waals surface area contributed by atoms with Crippen LogP contribution in [0.1, 0.15) is 19.4 Å². The van der Waals surface area contributed by atoms with E-state index in [1.807, 2.05) is 6.07 Å². The summed E-state index contributed by atoms with van der Waals surface area (Å²) in [5, 5.41) is 12.7. The van der Waals surface area contributed by atoms with Gasteiger partial charge in [0.1, 0.15) is 5.69 Å². The van der Waals surface area contributed by atoms with E-state index in [1.54, 1.807) is 12.1 Å². The van der Waals surface area contributed by atoms with Crippen molar-refractivity contribution < 1.29 is 10.2 Å². The molecule has 0 saturated heterocycles. The molecule has 1 aliphatic heterocycles. The predicted molar refractivity (Wildman–Crippen MR) is 52.6 cm³/mol. The molecule has 4 nitrogen and oxygen atoms in total. The van der Waals surface area contributed by atoms with E-state index >= 15 is 0 Å². The molecular weight excluding hydrogens is 180 g/mol. The average Bonchev–Trinajstić information content (AvgIpc) is 2.42. The minimum atomic E-state index is -0.339. The van der Waals surface area contributed by atoms with Crippen molar-refractivity contribution in [2.45, 2.75) is 19.3 Å². The van der Waals surface area contributed by atoms with Crippen LogP contribution in [0.4, 0.5) is 11.4 Å². The van der Waals surface area contributed by atoms with E-state index in [0.717, 1.165) is 17.8 Å². The van der Waals surface area contributed by atoms with Gasteiger partial charge in [0.15, 0.2) is 0 Å². The number of hydrogen-bond acceptors (Lipinski definition) is 2. The first-order valence-electron chi connectivity index (χ1n) is 4.63. The molecule has 0 saturated carbocycles. The Labute approximate surface area is 82.1 Å². The Morgan fingerprint density at radius 1 is 1.50 bits per heavy atom. The lowest BCUT2D eigenvalue weighted by Gasteiger charge is -2.12. The Morgan fingerprint density at radius 2 is 2.21 bits per heavy atom. The molecule has 1 aliphatic rings. The summed E-state index contributed by atoms with van der Waals surface area (Å²) in [6.07, 6.45) is 0. The second-order valence-electron chi connectivity index (χ2n) is 4.32. The molecular formula is C10H13N2O2+. The maximum Gasteiger partial charge on any atom is 0.270 e. The fraction of sp³-hybridized carbons (Fsp3) is 0.400. The minimum absolute atomic E-state index is 0.0430. The number of fused-ring (bicyclic) bond motifs is 1. The van der Waals surface area contributed by atoms with Crippen LogP contribution >= 0.6 is 0 Å². The van der Waals surface area contributed by atoms with Crippen LogP contribution in [-0.2, 0) is 5.41 Å². The van der Waals surface area contributed by atoms with Crippen molar-refractivity contribution in [3.8, 4) is 0 Å². The lowest BCUT2D eigenvalue weighted by Crippen LogP contribution is -2.77. The normalized spacial score (nSPS) is 17.9. The minimum Gasteiger partial charge on any atom is -0.313 e. The van der Waals surface area contributed by atoms with Gasteiger partial charge < -0.3 is 5.32 Å². The van der Waals surface area contributed by atoms with E-state index < -0.39 is 0 Å². The van der Waals surface area contributed by atoms with Crippen molar-refractivity contribution in [3.63, 3.8) is 0 Å². The van der Waals surface area contributed by atoms with Gasteiger partial charge in [-0.1, -0.05) is 13.8 Å². The van der Waals surface area contributed by atoms with Gasteiger partial charge >= 0.3 is 0 Å². The Kier molecular flexibility index (Phi) is 1.82. The predicted octanol–water partition coefficient (Wildman–Crippen LogP) is 1.08. The quantitative estimate of drug-likeness (QED) is 0.412. The van der Waals surface area contributed by atoms with Gasteiger partial charge in [0.05, 0.1) is 11.5 Å². The molecule has 2 rings (SSSR count). The van der Waals surface area contributed by atoms with E-state index in [1.165, 1.54) is 0 Å². The Morgan fingerprint density at radius 3 is 2.86 bits per heavy atom. The van der Waals surface area contributed by atoms with Gasteiger partial charge in [0, 0.05) is 29.2 Å². The SMILES string of the molecule is CC1(C)C[NH2+]c2ccc([N+](=O)[O-])cc21. The van der Waals surface area contributed by atoms with Crippen molar-refractivity contribution in [2.24, 2.45) is 0 Å². The average molecular weight is 193 g/mol. The lowest BCUT2D eigenvalue weighted by atomic mass is 9.87. The second-order valence-corrected chi connectivity index (χ2v) is 4.32. The number of hydrogen-bond donors (Lipinski definition) is 1. The molecule has 0 atom stereocenters. The molecule has 4 heteroatoms. The lowest BCUT2D eigenvalue weighted by molar-refractivity contribution is -0.567. The Hall–Kier alpha value is -1.42. The van der Waals surface area contributed by atoms with Crippen LogP contribution in [0.5, 0.6) is 0 Å². The van der Waals surface area contributed by atoms with Crippen LogP contribution in [0.15, 0.2) is 18.2 Å². The zero-order chi connectivity index (χ0) is 10.3. The van der Waals surface area contributed by atoms with Gasteiger partial charge in [-0.15, -0.1) is 0 Å². The van der Waals surface area contributed by atoms with E-state index in [4.69, 9.17) is 0 Å². The maximum absolute atomic E-state index is 10.6. The standard InChI is InChI=1S/C10H12N2O2/c1-10(2)6-11-9-4-3-7(12(13)14)5-8(9)10/h3-5,11H,6H2,1-2H3/p+1. The number of benzene rings is 1. The van der Waals surface area contributed by atoms with Gasteiger partial charge in [-0.05, 0) is 0 Å². The van der Waals surface area contributed by atoms with E-state index in [0.29, 0.717) is 0 Å². The Bertz CT molecular complexity index is 399. The highest BCUT2D eigenvalue weighted by molar-refractivity contribution is 5.52. The van der Waals surface area contributed by atoms with Gasteiger partial charge in [-0.2, -0.15) is 0 Å². The van der Waals surface area contributed by atoms with Crippen LogP contribution in [0.2, 0.25) is 0 Å². The number of non-ortho nitro benzene ring substituents is 1. The molecule has 1 heterocycles. The molecule has 1 aromatic carbocycles. The van der Waals surface area contributed by atoms with Crippen LogP contribution in [-0.4, -0.2) is 11.5 Å². The topological polar surface area (TPSA) is 59.8 Å². The van der Waals surface area contributed by atoms with Gasteiger partial charge in [0.2, 0.25) is 0 Å². The zero-order valence-electron chi connectivity index (χ0n) is 8.28. The fourth-order valence-corrected chi connectivity index (χ4v) is 1.90. The third-order valence-electron chi connectivity index (χ3n) is 2.81. The number of nitrogens with two attached hydrogens (primary N) is 1. The first-order valence-corrected chi connectivity index (χ1v) is 4.63. The third-order valence-corrected chi connectivity index (χ3v) is 2.81. The Balaban J connectivity index is 2.53. The summed E-state index contributed by atoms with van der Waals surface area (Å²) < 4.78 is 0. The monoisotopic (exact) mass is 193 g/mol. The van der Waals surface area contributed by atoms with E-state index in [9.17, 15) is 10.1 Å². The molecule has 1 aromatic rings. The van der Waals surface area contributed by atoms with Gasteiger partial charge in [0.25, 0.3) is 5.69 Å². The molecule has 14 heavy (non-hydrogen) atoms. The number of nitro groups is 1. The van der Waals surface area contributed by atoms with Crippen LogP contribution in [0.25, 0.3) is 0 Å². The smallest absolute Gasteiger partial charge is 0.270 e. The number of quaternary nitrogens is 1. The van der Waals surface area contributed by atoms with Crippen molar-refractivity contribution in [3.05, 3.63) is 33.9 Å². The summed E-state index contributed by atoms with van der Waals surface area (Å²) in [4.78, 5) is 10.3. The highest BCUT2D eigenvalue weighted by Gasteiger charge is 2.35. The van der Waals surface area contributed by atoms with Crippen molar-refractivity contribution >= 4 is 11.4 Å². The van der Waals surface area contributed by atoms with Gasteiger partial charge in [-0.25, -0.2) is 0 Å². The fourth-order valence-electron chi connectivity index (χ4n) is 1.90. The molecule has 0 unspecified atom stereocenters. The summed E-state index contributed by atoms with van der Waals surface area (Å²) in [5.74, 6) is 0. The second kappa shape index (κ2) is 2.78. The van der Waals surface area contributed by atoms with Crippen LogP contribution in [0.3, 0.4) is 0 Å². The molecule has 74 valence electrons. The first-order chi connectivity index (χ1) is 6.50. The number of rotatable bonds is 1. The molecule has 0 radical (unpaired) electrons. The number of nitro benzene ring substituents is 1. The van der Waals surface area contributed by atoms with Crippen molar-refractivity contribution in [2.75, 3.05) is 6.54 Å². The zero-order valence-corrected chi connectivity index (χ0v) is 8.28. The summed E-state index contributed by atoms with van der Waals surface area (Å²) in [6.45, 7) is 5.18. The summed E-state index contributed by atoms with van der Waals surface area (Å²) in [7, 11) is 0. The molecule has 0 fully saturated rings. The molecule has 0 amide bonds. The summed E-state index contributed by atoms with van der Waals surface area (Å²) in [6, 6.07) is 5.10. The summed E-state index contributed by atoms with van der Waals surface area (Å²) in [5.41, 5.74) is 2.46. The number of nitrogens with zero attached hydrogens (tertiary/aromatic N) is 1.